The Kier molecular flexibility index (Phi) is 2.60. The second kappa shape index (κ2) is 3.37. The number of rotatable bonds is 2. The maximum atomic E-state index is 12.1. The second-order valence-electron chi connectivity index (χ2n) is 2.84. The lowest BCUT2D eigenvalue weighted by Gasteiger charge is -2.03. The van der Waals surface area contributed by atoms with Crippen LogP contribution >= 0.6 is 0 Å². The van der Waals surface area contributed by atoms with Crippen LogP contribution < -0.4 is 5.73 Å². The highest BCUT2D eigenvalue weighted by molar-refractivity contribution is 5.15. The summed E-state index contributed by atoms with van der Waals surface area (Å²) < 4.78 is 36.2. The Labute approximate surface area is 73.1 Å². The van der Waals surface area contributed by atoms with E-state index in [0.717, 1.165) is 6.07 Å². The van der Waals surface area contributed by atoms with Crippen molar-refractivity contribution in [2.45, 2.75) is 19.0 Å². The van der Waals surface area contributed by atoms with E-state index in [1.807, 2.05) is 0 Å². The normalized spacial score (nSPS) is 14.5. The minimum atomic E-state index is -4.39. The summed E-state index contributed by atoms with van der Waals surface area (Å²) in [6, 6.07) is 0.984. The van der Waals surface area contributed by atoms with E-state index in [1.165, 1.54) is 0 Å². The first-order valence-corrected chi connectivity index (χ1v) is 3.77. The third kappa shape index (κ3) is 2.21. The summed E-state index contributed by atoms with van der Waals surface area (Å²) in [7, 11) is 0. The summed E-state index contributed by atoms with van der Waals surface area (Å²) in [4.78, 5) is 0. The SMILES string of the molecule is CC(CN)c1cc(C(F)(F)F)n[nH]1. The molecule has 0 spiro atoms. The molecule has 1 aromatic heterocycles. The topological polar surface area (TPSA) is 54.7 Å². The van der Waals surface area contributed by atoms with Gasteiger partial charge in [0.05, 0.1) is 0 Å². The van der Waals surface area contributed by atoms with Crippen molar-refractivity contribution in [2.75, 3.05) is 6.54 Å². The molecule has 6 heteroatoms. The Morgan fingerprint density at radius 3 is 2.62 bits per heavy atom. The Morgan fingerprint density at radius 2 is 2.23 bits per heavy atom. The van der Waals surface area contributed by atoms with Crippen molar-refractivity contribution in [1.82, 2.24) is 10.2 Å². The molecule has 0 amide bonds. The fourth-order valence-corrected chi connectivity index (χ4v) is 0.861. The molecule has 0 aliphatic heterocycles. The minimum absolute atomic E-state index is 0.136. The first-order valence-electron chi connectivity index (χ1n) is 3.77. The van der Waals surface area contributed by atoms with E-state index < -0.39 is 11.9 Å². The molecule has 0 saturated carbocycles. The molecule has 0 bridgehead atoms. The van der Waals surface area contributed by atoms with Gasteiger partial charge in [-0.15, -0.1) is 0 Å². The molecule has 74 valence electrons. The molecule has 0 aliphatic rings. The lowest BCUT2D eigenvalue weighted by Crippen LogP contribution is -2.09. The third-order valence-corrected chi connectivity index (χ3v) is 1.77. The molecule has 0 fully saturated rings. The molecule has 3 nitrogen and oxygen atoms in total. The number of halogens is 3. The maximum absolute atomic E-state index is 12.1. The zero-order valence-corrected chi connectivity index (χ0v) is 7.02. The Hall–Kier alpha value is -1.04. The lowest BCUT2D eigenvalue weighted by atomic mass is 10.1. The van der Waals surface area contributed by atoms with Crippen LogP contribution in [0.4, 0.5) is 13.2 Å². The van der Waals surface area contributed by atoms with E-state index in [-0.39, 0.29) is 5.92 Å². The summed E-state index contributed by atoms with van der Waals surface area (Å²) in [6.07, 6.45) is -4.39. The highest BCUT2D eigenvalue weighted by Crippen LogP contribution is 2.28. The Bertz CT molecular complexity index is 279. The average molecular weight is 193 g/mol. The Morgan fingerprint density at radius 1 is 1.62 bits per heavy atom. The van der Waals surface area contributed by atoms with E-state index >= 15 is 0 Å². The number of nitrogens with two attached hydrogens (primary N) is 1. The van der Waals surface area contributed by atoms with E-state index in [4.69, 9.17) is 5.73 Å². The molecule has 1 heterocycles. The van der Waals surface area contributed by atoms with E-state index in [2.05, 4.69) is 10.2 Å². The number of alkyl halides is 3. The van der Waals surface area contributed by atoms with Crippen LogP contribution in [0.25, 0.3) is 0 Å². The molecular weight excluding hydrogens is 183 g/mol. The summed E-state index contributed by atoms with van der Waals surface area (Å²) in [5, 5.41) is 5.46. The van der Waals surface area contributed by atoms with Crippen molar-refractivity contribution in [3.05, 3.63) is 17.5 Å². The van der Waals surface area contributed by atoms with Crippen molar-refractivity contribution in [2.24, 2.45) is 5.73 Å². The number of hydrogen-bond acceptors (Lipinski definition) is 2. The molecule has 3 N–H and O–H groups in total. The van der Waals surface area contributed by atoms with Crippen molar-refractivity contribution in [3.8, 4) is 0 Å². The molecule has 1 unspecified atom stereocenters. The molecule has 0 aromatic carbocycles. The quantitative estimate of drug-likeness (QED) is 0.747. The first-order chi connectivity index (χ1) is 5.95. The van der Waals surface area contributed by atoms with Crippen molar-refractivity contribution in [3.63, 3.8) is 0 Å². The first kappa shape index (κ1) is 10.0. The standard InChI is InChI=1S/C7H10F3N3/c1-4(3-11)5-2-6(13-12-5)7(8,9)10/h2,4H,3,11H2,1H3,(H,12,13). The maximum Gasteiger partial charge on any atom is 0.435 e. The number of nitrogens with zero attached hydrogens (tertiary/aromatic N) is 1. The summed E-state index contributed by atoms with van der Waals surface area (Å²) >= 11 is 0. The van der Waals surface area contributed by atoms with Crippen LogP contribution in [-0.2, 0) is 6.18 Å². The van der Waals surface area contributed by atoms with Gasteiger partial charge in [0.1, 0.15) is 0 Å². The van der Waals surface area contributed by atoms with Gasteiger partial charge in [0.2, 0.25) is 0 Å². The largest absolute Gasteiger partial charge is 0.435 e. The lowest BCUT2D eigenvalue weighted by molar-refractivity contribution is -0.141. The molecular formula is C7H10F3N3. The van der Waals surface area contributed by atoms with Gasteiger partial charge in [-0.25, -0.2) is 0 Å². The summed E-state index contributed by atoms with van der Waals surface area (Å²) in [5.74, 6) is -0.136. The Balaban J connectivity index is 2.87. The van der Waals surface area contributed by atoms with Gasteiger partial charge >= 0.3 is 6.18 Å². The van der Waals surface area contributed by atoms with Gasteiger partial charge in [-0.05, 0) is 6.07 Å². The van der Waals surface area contributed by atoms with Crippen LogP contribution in [0.1, 0.15) is 24.2 Å². The minimum Gasteiger partial charge on any atom is -0.330 e. The predicted octanol–water partition coefficient (Wildman–Crippen LogP) is 1.49. The zero-order valence-electron chi connectivity index (χ0n) is 7.02. The number of hydrogen-bond donors (Lipinski definition) is 2. The summed E-state index contributed by atoms with van der Waals surface area (Å²) in [5.41, 5.74) is 4.81. The molecule has 1 rings (SSSR count). The van der Waals surface area contributed by atoms with Gasteiger partial charge in [-0.3, -0.25) is 5.10 Å². The van der Waals surface area contributed by atoms with Crippen molar-refractivity contribution >= 4 is 0 Å². The smallest absolute Gasteiger partial charge is 0.330 e. The monoisotopic (exact) mass is 193 g/mol. The number of nitrogens with one attached hydrogen (secondary N) is 1. The highest BCUT2D eigenvalue weighted by Gasteiger charge is 2.34. The van der Waals surface area contributed by atoms with Gasteiger partial charge in [-0.1, -0.05) is 6.92 Å². The molecule has 13 heavy (non-hydrogen) atoms. The van der Waals surface area contributed by atoms with Gasteiger partial charge in [-0.2, -0.15) is 18.3 Å². The number of aromatic amines is 1. The third-order valence-electron chi connectivity index (χ3n) is 1.77. The molecule has 0 saturated heterocycles. The van der Waals surface area contributed by atoms with Crippen LogP contribution in [-0.4, -0.2) is 16.7 Å². The van der Waals surface area contributed by atoms with Crippen molar-refractivity contribution < 1.29 is 13.2 Å². The van der Waals surface area contributed by atoms with Gasteiger partial charge in [0.15, 0.2) is 5.69 Å². The van der Waals surface area contributed by atoms with Crippen LogP contribution in [0.15, 0.2) is 6.07 Å². The fraction of sp³-hybridized carbons (Fsp3) is 0.571. The van der Waals surface area contributed by atoms with Crippen LogP contribution in [0.5, 0.6) is 0 Å². The fourth-order valence-electron chi connectivity index (χ4n) is 0.861. The number of aromatic nitrogens is 2. The van der Waals surface area contributed by atoms with E-state index in [1.54, 1.807) is 6.92 Å². The van der Waals surface area contributed by atoms with Crippen LogP contribution in [0.2, 0.25) is 0 Å². The van der Waals surface area contributed by atoms with Gasteiger partial charge in [0.25, 0.3) is 0 Å². The molecule has 0 aliphatic carbocycles. The highest BCUT2D eigenvalue weighted by atomic mass is 19.4. The summed E-state index contributed by atoms with van der Waals surface area (Å²) in [6.45, 7) is 2.02. The van der Waals surface area contributed by atoms with Crippen LogP contribution in [0.3, 0.4) is 0 Å². The van der Waals surface area contributed by atoms with Gasteiger partial charge in [0, 0.05) is 18.2 Å². The van der Waals surface area contributed by atoms with E-state index in [0.29, 0.717) is 12.2 Å². The zero-order chi connectivity index (χ0) is 10.1. The van der Waals surface area contributed by atoms with Gasteiger partial charge < -0.3 is 5.73 Å². The second-order valence-corrected chi connectivity index (χ2v) is 2.84. The van der Waals surface area contributed by atoms with Crippen molar-refractivity contribution in [1.29, 1.82) is 0 Å². The predicted molar refractivity (Wildman–Crippen MR) is 41.1 cm³/mol. The molecule has 0 radical (unpaired) electrons. The van der Waals surface area contributed by atoms with Crippen LogP contribution in [0, 0.1) is 0 Å². The average Bonchev–Trinajstić information content (AvgIpc) is 2.50. The van der Waals surface area contributed by atoms with E-state index in [9.17, 15) is 13.2 Å². The molecule has 1 atom stereocenters. The molecule has 1 aromatic rings. The number of H-pyrrole nitrogens is 1.